The number of ether oxygens (including phenoxy) is 1. The molecule has 0 aliphatic carbocycles. The summed E-state index contributed by atoms with van der Waals surface area (Å²) in [6.45, 7) is 1.93. The van der Waals surface area contributed by atoms with E-state index >= 15 is 0 Å². The third-order valence-corrected chi connectivity index (χ3v) is 7.59. The number of hydrogen-bond acceptors (Lipinski definition) is 5. The summed E-state index contributed by atoms with van der Waals surface area (Å²) < 4.78 is 33.8. The van der Waals surface area contributed by atoms with Crippen molar-refractivity contribution in [3.8, 4) is 5.75 Å². The molecule has 1 heterocycles. The van der Waals surface area contributed by atoms with Gasteiger partial charge in [0.1, 0.15) is 5.75 Å². The molecule has 0 atom stereocenters. The maximum absolute atomic E-state index is 13.4. The van der Waals surface area contributed by atoms with Crippen LogP contribution in [0, 0.1) is 6.92 Å². The fraction of sp³-hybridized carbons (Fsp3) is 0.231. The number of carbonyl (C=O) groups is 2. The van der Waals surface area contributed by atoms with Crippen LogP contribution in [0.5, 0.6) is 5.75 Å². The highest BCUT2D eigenvalue weighted by Crippen LogP contribution is 2.33. The molecule has 0 unspecified atom stereocenters. The quantitative estimate of drug-likeness (QED) is 0.500. The number of carbonyl (C=O) groups excluding carboxylic acids is 2. The molecule has 0 bridgehead atoms. The van der Waals surface area contributed by atoms with E-state index in [1.54, 1.807) is 43.3 Å². The highest BCUT2D eigenvalue weighted by atomic mass is 32.2. The summed E-state index contributed by atoms with van der Waals surface area (Å²) in [5.74, 6) is -0.367. The zero-order valence-electron chi connectivity index (χ0n) is 19.4. The first-order chi connectivity index (χ1) is 16.7. The zero-order valence-corrected chi connectivity index (χ0v) is 20.2. The smallest absolute Gasteiger partial charge is 0.264 e. The Morgan fingerprint density at radius 1 is 1.06 bits per heavy atom. The van der Waals surface area contributed by atoms with Crippen LogP contribution in [0.2, 0.25) is 0 Å². The van der Waals surface area contributed by atoms with Crippen molar-refractivity contribution in [3.63, 3.8) is 0 Å². The lowest BCUT2D eigenvalue weighted by Crippen LogP contribution is -2.35. The molecule has 0 spiro atoms. The second kappa shape index (κ2) is 10.2. The van der Waals surface area contributed by atoms with E-state index in [0.717, 1.165) is 29.7 Å². The van der Waals surface area contributed by atoms with Gasteiger partial charge in [-0.15, -0.1) is 0 Å². The van der Waals surface area contributed by atoms with Gasteiger partial charge in [0.2, 0.25) is 5.91 Å². The van der Waals surface area contributed by atoms with Crippen LogP contribution in [0.3, 0.4) is 0 Å². The first-order valence-electron chi connectivity index (χ1n) is 11.3. The maximum Gasteiger partial charge on any atom is 0.264 e. The van der Waals surface area contributed by atoms with Crippen LogP contribution in [0.25, 0.3) is 0 Å². The summed E-state index contributed by atoms with van der Waals surface area (Å²) in [5.41, 5.74) is 8.85. The molecule has 0 fully saturated rings. The highest BCUT2D eigenvalue weighted by molar-refractivity contribution is 7.92. The monoisotopic (exact) mass is 493 g/mol. The van der Waals surface area contributed by atoms with Gasteiger partial charge in [0.25, 0.3) is 15.9 Å². The normalized spacial score (nSPS) is 13.1. The molecule has 0 aromatic heterocycles. The number of anilines is 2. The summed E-state index contributed by atoms with van der Waals surface area (Å²) in [5, 5.41) is 2.72. The highest BCUT2D eigenvalue weighted by Gasteiger charge is 2.29. The van der Waals surface area contributed by atoms with Crippen LogP contribution in [0.15, 0.2) is 71.6 Å². The van der Waals surface area contributed by atoms with E-state index in [1.165, 1.54) is 10.4 Å². The van der Waals surface area contributed by atoms with Crippen LogP contribution in [0.1, 0.15) is 23.1 Å². The van der Waals surface area contributed by atoms with E-state index in [0.29, 0.717) is 23.5 Å². The SMILES string of the molecule is Cc1cc(S(=O)(=O)N2CCCc3ccccc32)ccc1OCC(=O)Nc1ccc(CC(N)=O)cc1. The molecule has 4 rings (SSSR count). The average molecular weight is 494 g/mol. The average Bonchev–Trinajstić information content (AvgIpc) is 2.83. The molecule has 1 aliphatic rings. The molecule has 1 aliphatic heterocycles. The summed E-state index contributed by atoms with van der Waals surface area (Å²) in [4.78, 5) is 23.5. The first-order valence-corrected chi connectivity index (χ1v) is 12.7. The Bertz CT molecular complexity index is 1350. The van der Waals surface area contributed by atoms with E-state index in [-0.39, 0.29) is 23.8 Å². The van der Waals surface area contributed by atoms with Gasteiger partial charge in [-0.3, -0.25) is 13.9 Å². The molecule has 3 aromatic rings. The van der Waals surface area contributed by atoms with Crippen LogP contribution in [-0.4, -0.2) is 33.4 Å². The number of nitrogens with two attached hydrogens (primary N) is 1. The minimum atomic E-state index is -3.73. The van der Waals surface area contributed by atoms with E-state index in [4.69, 9.17) is 10.5 Å². The predicted octanol–water partition coefficient (Wildman–Crippen LogP) is 3.18. The number of amides is 2. The largest absolute Gasteiger partial charge is 0.483 e. The Balaban J connectivity index is 1.40. The molecular weight excluding hydrogens is 466 g/mol. The molecule has 3 N–H and O–H groups in total. The second-order valence-corrected chi connectivity index (χ2v) is 10.3. The predicted molar refractivity (Wildman–Crippen MR) is 134 cm³/mol. The topological polar surface area (TPSA) is 119 Å². The molecule has 0 saturated heterocycles. The molecule has 9 heteroatoms. The van der Waals surface area contributed by atoms with Crippen molar-refractivity contribution in [2.24, 2.45) is 5.73 Å². The zero-order chi connectivity index (χ0) is 25.0. The molecule has 35 heavy (non-hydrogen) atoms. The van der Waals surface area contributed by atoms with Crippen molar-refractivity contribution in [2.45, 2.75) is 31.1 Å². The third-order valence-electron chi connectivity index (χ3n) is 5.78. The number of fused-ring (bicyclic) bond motifs is 1. The van der Waals surface area contributed by atoms with Crippen molar-refractivity contribution in [2.75, 3.05) is 22.8 Å². The number of para-hydroxylation sites is 1. The summed E-state index contributed by atoms with van der Waals surface area (Å²) in [6.07, 6.45) is 1.75. The molecule has 182 valence electrons. The van der Waals surface area contributed by atoms with E-state index < -0.39 is 15.9 Å². The number of sulfonamides is 1. The van der Waals surface area contributed by atoms with Crippen molar-refractivity contribution in [1.82, 2.24) is 0 Å². The Hall–Kier alpha value is -3.85. The minimum Gasteiger partial charge on any atom is -0.483 e. The van der Waals surface area contributed by atoms with Crippen LogP contribution >= 0.6 is 0 Å². The van der Waals surface area contributed by atoms with E-state index in [1.807, 2.05) is 24.3 Å². The van der Waals surface area contributed by atoms with Crippen molar-refractivity contribution in [1.29, 1.82) is 0 Å². The lowest BCUT2D eigenvalue weighted by molar-refractivity contribution is -0.118. The molecule has 8 nitrogen and oxygen atoms in total. The fourth-order valence-electron chi connectivity index (χ4n) is 4.07. The number of aryl methyl sites for hydroxylation is 2. The first kappa shape index (κ1) is 24.3. The molecule has 0 saturated carbocycles. The molecule has 0 radical (unpaired) electrons. The number of primary amides is 1. The van der Waals surface area contributed by atoms with Crippen LogP contribution in [0.4, 0.5) is 11.4 Å². The number of hydrogen-bond donors (Lipinski definition) is 2. The molecule has 2 amide bonds. The van der Waals surface area contributed by atoms with Crippen molar-refractivity contribution < 1.29 is 22.7 Å². The minimum absolute atomic E-state index is 0.132. The van der Waals surface area contributed by atoms with Crippen molar-refractivity contribution in [3.05, 3.63) is 83.4 Å². The van der Waals surface area contributed by atoms with Gasteiger partial charge >= 0.3 is 0 Å². The standard InChI is InChI=1S/C26H27N3O5S/c1-18-15-22(35(32,33)29-14-4-6-20-5-2-3-7-23(20)29)12-13-24(18)34-17-26(31)28-21-10-8-19(9-11-21)16-25(27)30/h2-3,5,7-13,15H,4,6,14,16-17H2,1H3,(H2,27,30)(H,28,31). The number of rotatable bonds is 8. The number of nitrogens with zero attached hydrogens (tertiary/aromatic N) is 1. The maximum atomic E-state index is 13.4. The lowest BCUT2D eigenvalue weighted by Gasteiger charge is -2.30. The van der Waals surface area contributed by atoms with Gasteiger partial charge in [-0.25, -0.2) is 8.42 Å². The summed E-state index contributed by atoms with van der Waals surface area (Å²) in [6, 6.07) is 19.0. The second-order valence-electron chi connectivity index (χ2n) is 8.41. The Labute approximate surface area is 204 Å². The molecule has 3 aromatic carbocycles. The van der Waals surface area contributed by atoms with Gasteiger partial charge in [-0.1, -0.05) is 30.3 Å². The third kappa shape index (κ3) is 5.63. The van der Waals surface area contributed by atoms with Crippen LogP contribution in [-0.2, 0) is 32.5 Å². The Morgan fingerprint density at radius 2 is 1.80 bits per heavy atom. The number of benzene rings is 3. The molecular formula is C26H27N3O5S. The fourth-order valence-corrected chi connectivity index (χ4v) is 5.69. The van der Waals surface area contributed by atoms with Gasteiger partial charge in [0, 0.05) is 12.2 Å². The lowest BCUT2D eigenvalue weighted by atomic mass is 10.0. The van der Waals surface area contributed by atoms with Gasteiger partial charge in [0.05, 0.1) is 17.0 Å². The van der Waals surface area contributed by atoms with Gasteiger partial charge in [-0.2, -0.15) is 0 Å². The Kier molecular flexibility index (Phi) is 7.07. The number of nitrogens with one attached hydrogen (secondary N) is 1. The van der Waals surface area contributed by atoms with Gasteiger partial charge in [-0.05, 0) is 72.9 Å². The summed E-state index contributed by atoms with van der Waals surface area (Å²) >= 11 is 0. The van der Waals surface area contributed by atoms with Gasteiger partial charge in [0.15, 0.2) is 6.61 Å². The van der Waals surface area contributed by atoms with E-state index in [2.05, 4.69) is 5.32 Å². The van der Waals surface area contributed by atoms with E-state index in [9.17, 15) is 18.0 Å². The van der Waals surface area contributed by atoms with Crippen molar-refractivity contribution >= 4 is 33.2 Å². The summed E-state index contributed by atoms with van der Waals surface area (Å²) in [7, 11) is -3.73. The van der Waals surface area contributed by atoms with Crippen LogP contribution < -0.4 is 20.1 Å². The Morgan fingerprint density at radius 3 is 2.51 bits per heavy atom. The van der Waals surface area contributed by atoms with Gasteiger partial charge < -0.3 is 15.8 Å².